The van der Waals surface area contributed by atoms with Gasteiger partial charge in [-0.25, -0.2) is 4.79 Å². The first-order chi connectivity index (χ1) is 12.9. The molecular formula is C21H24O6. The molecule has 0 aliphatic rings. The van der Waals surface area contributed by atoms with Crippen LogP contribution in [0.1, 0.15) is 40.1 Å². The van der Waals surface area contributed by atoms with E-state index < -0.39 is 12.1 Å². The van der Waals surface area contributed by atoms with Gasteiger partial charge in [-0.1, -0.05) is 31.2 Å². The van der Waals surface area contributed by atoms with Crippen LogP contribution in [-0.2, 0) is 11.2 Å². The molecule has 2 aromatic rings. The van der Waals surface area contributed by atoms with Gasteiger partial charge in [-0.05, 0) is 18.9 Å². The zero-order chi connectivity index (χ0) is 20.0. The zero-order valence-corrected chi connectivity index (χ0v) is 16.2. The van der Waals surface area contributed by atoms with Gasteiger partial charge in [0.1, 0.15) is 11.3 Å². The van der Waals surface area contributed by atoms with Crippen molar-refractivity contribution in [2.45, 2.75) is 26.4 Å². The normalized spacial score (nSPS) is 11.4. The Morgan fingerprint density at radius 1 is 0.889 bits per heavy atom. The van der Waals surface area contributed by atoms with Gasteiger partial charge in [0.15, 0.2) is 17.6 Å². The second-order valence-electron chi connectivity index (χ2n) is 5.87. The molecule has 6 nitrogen and oxygen atoms in total. The molecule has 0 fully saturated rings. The number of hydrogen-bond donors (Lipinski definition) is 0. The summed E-state index contributed by atoms with van der Waals surface area (Å²) in [5.41, 5.74) is 1.77. The van der Waals surface area contributed by atoms with Gasteiger partial charge in [0.2, 0.25) is 5.78 Å². The van der Waals surface area contributed by atoms with Crippen molar-refractivity contribution in [3.05, 3.63) is 53.1 Å². The predicted molar refractivity (Wildman–Crippen MR) is 101 cm³/mol. The topological polar surface area (TPSA) is 71.1 Å². The van der Waals surface area contributed by atoms with Crippen LogP contribution < -0.4 is 14.2 Å². The summed E-state index contributed by atoms with van der Waals surface area (Å²) in [6.45, 7) is 3.58. The summed E-state index contributed by atoms with van der Waals surface area (Å²) in [4.78, 5) is 25.1. The zero-order valence-electron chi connectivity index (χ0n) is 16.2. The summed E-state index contributed by atoms with van der Waals surface area (Å²) in [6.07, 6.45) is -0.0549. The Kier molecular flexibility index (Phi) is 6.82. The van der Waals surface area contributed by atoms with E-state index in [-0.39, 0.29) is 17.1 Å². The van der Waals surface area contributed by atoms with Gasteiger partial charge in [-0.3, -0.25) is 4.79 Å². The van der Waals surface area contributed by atoms with Crippen molar-refractivity contribution in [2.24, 2.45) is 0 Å². The van der Waals surface area contributed by atoms with Gasteiger partial charge in [-0.15, -0.1) is 0 Å². The Hall–Kier alpha value is -3.02. The third kappa shape index (κ3) is 4.58. The molecule has 2 rings (SSSR count). The molecule has 0 saturated carbocycles. The van der Waals surface area contributed by atoms with Gasteiger partial charge in [0.25, 0.3) is 0 Å². The molecule has 1 atom stereocenters. The lowest BCUT2D eigenvalue weighted by molar-refractivity contribution is 0.0315. The summed E-state index contributed by atoms with van der Waals surface area (Å²) >= 11 is 0. The highest BCUT2D eigenvalue weighted by Crippen LogP contribution is 2.35. The van der Waals surface area contributed by atoms with E-state index in [1.54, 1.807) is 19.1 Å². The number of carbonyl (C=O) groups excluding carboxylic acids is 2. The molecule has 6 heteroatoms. The van der Waals surface area contributed by atoms with Crippen molar-refractivity contribution in [3.8, 4) is 17.2 Å². The fraction of sp³-hybridized carbons (Fsp3) is 0.333. The fourth-order valence-corrected chi connectivity index (χ4v) is 2.61. The van der Waals surface area contributed by atoms with Crippen molar-refractivity contribution in [2.75, 3.05) is 21.3 Å². The number of ether oxygens (including phenoxy) is 4. The number of esters is 1. The molecule has 0 amide bonds. The Morgan fingerprint density at radius 2 is 1.44 bits per heavy atom. The first-order valence-corrected chi connectivity index (χ1v) is 8.59. The lowest BCUT2D eigenvalue weighted by Gasteiger charge is -2.16. The number of ketones is 1. The number of carbonyl (C=O) groups is 2. The Balaban J connectivity index is 2.21. The lowest BCUT2D eigenvalue weighted by Crippen LogP contribution is -2.24. The van der Waals surface area contributed by atoms with Gasteiger partial charge < -0.3 is 18.9 Å². The highest BCUT2D eigenvalue weighted by atomic mass is 16.5. The summed E-state index contributed by atoms with van der Waals surface area (Å²) < 4.78 is 21.0. The molecule has 0 spiro atoms. The van der Waals surface area contributed by atoms with Crippen LogP contribution in [0, 0.1) is 0 Å². The maximum absolute atomic E-state index is 12.6. The second-order valence-corrected chi connectivity index (χ2v) is 5.87. The highest BCUT2D eigenvalue weighted by molar-refractivity contribution is 6.02. The van der Waals surface area contributed by atoms with Crippen LogP contribution in [0.25, 0.3) is 0 Å². The molecule has 0 aliphatic carbocycles. The largest absolute Gasteiger partial charge is 0.496 e. The Morgan fingerprint density at radius 3 is 1.96 bits per heavy atom. The number of hydrogen-bond acceptors (Lipinski definition) is 6. The molecule has 0 heterocycles. The van der Waals surface area contributed by atoms with Gasteiger partial charge in [-0.2, -0.15) is 0 Å². The van der Waals surface area contributed by atoms with E-state index in [1.807, 2.05) is 19.1 Å². The van der Waals surface area contributed by atoms with Crippen molar-refractivity contribution in [3.63, 3.8) is 0 Å². The van der Waals surface area contributed by atoms with Crippen molar-refractivity contribution in [1.82, 2.24) is 0 Å². The number of rotatable bonds is 8. The van der Waals surface area contributed by atoms with Crippen LogP contribution in [0.4, 0.5) is 0 Å². The second kappa shape index (κ2) is 9.07. The van der Waals surface area contributed by atoms with Crippen molar-refractivity contribution in [1.29, 1.82) is 0 Å². The summed E-state index contributed by atoms with van der Waals surface area (Å²) in [5, 5.41) is 0. The number of benzene rings is 2. The third-order valence-electron chi connectivity index (χ3n) is 4.23. The first-order valence-electron chi connectivity index (χ1n) is 8.59. The lowest BCUT2D eigenvalue weighted by atomic mass is 10.0. The van der Waals surface area contributed by atoms with Crippen LogP contribution in [0.15, 0.2) is 36.4 Å². The number of Topliss-reactive ketones (excluding diaryl/α,β-unsaturated/α-hetero) is 1. The average molecular weight is 372 g/mol. The maximum Gasteiger partial charge on any atom is 0.342 e. The Labute approximate surface area is 159 Å². The molecule has 144 valence electrons. The molecule has 0 aromatic heterocycles. The minimum absolute atomic E-state index is 0.149. The first kappa shape index (κ1) is 20.3. The molecule has 0 aliphatic heterocycles. The van der Waals surface area contributed by atoms with Crippen LogP contribution in [0.5, 0.6) is 17.2 Å². The predicted octanol–water partition coefficient (Wildman–Crippen LogP) is 3.70. The minimum Gasteiger partial charge on any atom is -0.496 e. The van der Waals surface area contributed by atoms with Crippen LogP contribution >= 0.6 is 0 Å². The number of aryl methyl sites for hydroxylation is 1. The Bertz CT molecular complexity index is 810. The van der Waals surface area contributed by atoms with E-state index in [9.17, 15) is 9.59 Å². The quantitative estimate of drug-likeness (QED) is 0.520. The standard InChI is InChI=1S/C21H24O6/c1-6-14-7-9-15(10-8-14)20(22)13(2)27-21(23)16-11-18(25-4)19(26-5)12-17(16)24-3/h7-13H,6H2,1-5H3/t13-/m1/s1. The van der Waals surface area contributed by atoms with E-state index >= 15 is 0 Å². The summed E-state index contributed by atoms with van der Waals surface area (Å²) in [5.74, 6) is 0.0966. The molecule has 0 saturated heterocycles. The molecule has 0 unspecified atom stereocenters. The van der Waals surface area contributed by atoms with E-state index in [2.05, 4.69) is 0 Å². The van der Waals surface area contributed by atoms with Crippen LogP contribution in [0.3, 0.4) is 0 Å². The minimum atomic E-state index is -0.942. The van der Waals surface area contributed by atoms with Crippen molar-refractivity contribution < 1.29 is 28.5 Å². The fourth-order valence-electron chi connectivity index (χ4n) is 2.61. The van der Waals surface area contributed by atoms with E-state index in [1.165, 1.54) is 33.5 Å². The molecular weight excluding hydrogens is 348 g/mol. The van der Waals surface area contributed by atoms with Gasteiger partial charge >= 0.3 is 5.97 Å². The smallest absolute Gasteiger partial charge is 0.342 e. The monoisotopic (exact) mass is 372 g/mol. The molecule has 27 heavy (non-hydrogen) atoms. The SMILES string of the molecule is CCc1ccc(C(=O)[C@@H](C)OC(=O)c2cc(OC)c(OC)cc2OC)cc1. The van der Waals surface area contributed by atoms with E-state index in [0.717, 1.165) is 12.0 Å². The molecule has 0 radical (unpaired) electrons. The van der Waals surface area contributed by atoms with Crippen LogP contribution in [0.2, 0.25) is 0 Å². The number of methoxy groups -OCH3 is 3. The van der Waals surface area contributed by atoms with Gasteiger partial charge in [0, 0.05) is 17.7 Å². The molecule has 0 bridgehead atoms. The van der Waals surface area contributed by atoms with Crippen LogP contribution in [-0.4, -0.2) is 39.2 Å². The summed E-state index contributed by atoms with van der Waals surface area (Å²) in [7, 11) is 4.38. The van der Waals surface area contributed by atoms with Gasteiger partial charge in [0.05, 0.1) is 21.3 Å². The highest BCUT2D eigenvalue weighted by Gasteiger charge is 2.24. The maximum atomic E-state index is 12.6. The van der Waals surface area contributed by atoms with E-state index in [0.29, 0.717) is 17.1 Å². The average Bonchev–Trinajstić information content (AvgIpc) is 2.71. The molecule has 0 N–H and O–H groups in total. The third-order valence-corrected chi connectivity index (χ3v) is 4.23. The van der Waals surface area contributed by atoms with E-state index in [4.69, 9.17) is 18.9 Å². The molecule has 2 aromatic carbocycles. The van der Waals surface area contributed by atoms with Crippen molar-refractivity contribution >= 4 is 11.8 Å². The summed E-state index contributed by atoms with van der Waals surface area (Å²) in [6, 6.07) is 10.3.